The molecule has 1 rings (SSSR count). The van der Waals surface area contributed by atoms with Crippen LogP contribution in [-0.2, 0) is 61.4 Å². The zero-order chi connectivity index (χ0) is 35.6. The second-order valence-electron chi connectivity index (χ2n) is 12.7. The van der Waals surface area contributed by atoms with E-state index in [0.29, 0.717) is 16.1 Å². The van der Waals surface area contributed by atoms with Gasteiger partial charge in [-0.05, 0) is 40.5 Å². The van der Waals surface area contributed by atoms with E-state index in [1.165, 1.54) is 34.8 Å². The maximum Gasteiger partial charge on any atom is 0.534 e. The lowest BCUT2D eigenvalue weighted by Crippen LogP contribution is -2.45. The Hall–Kier alpha value is -2.63. The van der Waals surface area contributed by atoms with Gasteiger partial charge in [0.25, 0.3) is 19.6 Å². The van der Waals surface area contributed by atoms with Gasteiger partial charge in [0.05, 0.1) is 45.7 Å². The predicted molar refractivity (Wildman–Crippen MR) is 158 cm³/mol. The van der Waals surface area contributed by atoms with Crippen molar-refractivity contribution in [2.75, 3.05) is 67.8 Å². The van der Waals surface area contributed by atoms with Crippen molar-refractivity contribution < 1.29 is 75.5 Å². The maximum atomic E-state index is 13.4. The van der Waals surface area contributed by atoms with Gasteiger partial charge in [0, 0.05) is 12.8 Å². The molecule has 2 amide bonds. The number of hydrogen-bond acceptors (Lipinski definition) is 15. The molecular formula is C27H44BrN2O15P. The van der Waals surface area contributed by atoms with Crippen LogP contribution in [0, 0.1) is 10.8 Å². The third-order valence-corrected chi connectivity index (χ3v) is 8.10. The summed E-state index contributed by atoms with van der Waals surface area (Å²) in [7, 11) is 2.07. The summed E-state index contributed by atoms with van der Waals surface area (Å²) in [6.45, 7) is 4.26. The largest absolute Gasteiger partial charge is 0.756 e. The lowest BCUT2D eigenvalue weighted by Gasteiger charge is -2.37. The summed E-state index contributed by atoms with van der Waals surface area (Å²) in [6.07, 6.45) is -1.96. The van der Waals surface area contributed by atoms with E-state index in [2.05, 4.69) is 20.8 Å². The van der Waals surface area contributed by atoms with E-state index in [0.717, 1.165) is 0 Å². The van der Waals surface area contributed by atoms with E-state index in [4.69, 9.17) is 28.0 Å². The summed E-state index contributed by atoms with van der Waals surface area (Å²) in [4.78, 5) is 90.2. The van der Waals surface area contributed by atoms with Crippen molar-refractivity contribution in [1.82, 2.24) is 5.06 Å². The predicted octanol–water partition coefficient (Wildman–Crippen LogP) is 1.64. The Labute approximate surface area is 276 Å². The Morgan fingerprint density at radius 2 is 1.33 bits per heavy atom. The molecule has 0 aromatic carbocycles. The molecule has 1 heterocycles. The molecule has 46 heavy (non-hydrogen) atoms. The molecule has 3 unspecified atom stereocenters. The van der Waals surface area contributed by atoms with Crippen molar-refractivity contribution in [2.45, 2.75) is 57.7 Å². The Balaban J connectivity index is 2.82. The normalized spacial score (nSPS) is 17.7. The average molecular weight is 748 g/mol. The van der Waals surface area contributed by atoms with Crippen LogP contribution in [0.1, 0.15) is 53.4 Å². The van der Waals surface area contributed by atoms with Crippen LogP contribution >= 0.6 is 23.8 Å². The summed E-state index contributed by atoms with van der Waals surface area (Å²) in [6, 6.07) is 0. The Kier molecular flexibility index (Phi) is 15.3. The number of likely N-dealkylation sites (N-methyl/N-ethyl adjacent to an activating group) is 1. The number of phosphoric ester groups is 1. The average Bonchev–Trinajstić information content (AvgIpc) is 3.23. The van der Waals surface area contributed by atoms with Crippen molar-refractivity contribution in [3.63, 3.8) is 0 Å². The number of carbonyl (C=O) groups excluding carboxylic acids is 6. The number of carbonyl (C=O) groups is 6. The molecule has 1 saturated heterocycles. The monoisotopic (exact) mass is 746 g/mol. The van der Waals surface area contributed by atoms with Crippen LogP contribution in [0.4, 0.5) is 4.79 Å². The number of halogens is 1. The van der Waals surface area contributed by atoms with E-state index >= 15 is 0 Å². The molecule has 0 bridgehead atoms. The van der Waals surface area contributed by atoms with Crippen molar-refractivity contribution in [2.24, 2.45) is 10.8 Å². The number of hydrogen-bond donors (Lipinski definition) is 0. The van der Waals surface area contributed by atoms with Crippen LogP contribution in [0.2, 0.25) is 0 Å². The summed E-state index contributed by atoms with van der Waals surface area (Å²) < 4.78 is 40.8. The molecule has 0 aromatic rings. The number of methoxy groups -OCH3 is 1. The Morgan fingerprint density at radius 3 is 1.87 bits per heavy atom. The van der Waals surface area contributed by atoms with E-state index < -0.39 is 85.3 Å². The van der Waals surface area contributed by atoms with Crippen LogP contribution in [-0.4, -0.2) is 118 Å². The van der Waals surface area contributed by atoms with Gasteiger partial charge < -0.3 is 37.4 Å². The van der Waals surface area contributed by atoms with E-state index in [-0.39, 0.29) is 32.3 Å². The summed E-state index contributed by atoms with van der Waals surface area (Å²) in [5, 5.41) is 0.302. The molecule has 0 radical (unpaired) electrons. The van der Waals surface area contributed by atoms with E-state index in [1.54, 1.807) is 0 Å². The van der Waals surface area contributed by atoms with Gasteiger partial charge in [0.1, 0.15) is 37.3 Å². The second kappa shape index (κ2) is 17.0. The van der Waals surface area contributed by atoms with Gasteiger partial charge >= 0.3 is 24.1 Å². The first-order valence-electron chi connectivity index (χ1n) is 14.2. The Bertz CT molecular complexity index is 1170. The molecule has 0 N–H and O–H groups in total. The van der Waals surface area contributed by atoms with Crippen molar-refractivity contribution in [3.8, 4) is 0 Å². The van der Waals surface area contributed by atoms with Gasteiger partial charge in [-0.3, -0.25) is 33.4 Å². The first kappa shape index (κ1) is 41.4. The fourth-order valence-electron chi connectivity index (χ4n) is 4.41. The third kappa shape index (κ3) is 14.0. The quantitative estimate of drug-likeness (QED) is 0.0350. The summed E-state index contributed by atoms with van der Waals surface area (Å²) in [5.41, 5.74) is -2.91. The molecule has 0 saturated carbocycles. The van der Waals surface area contributed by atoms with Gasteiger partial charge in [-0.1, -0.05) is 21.0 Å². The van der Waals surface area contributed by atoms with Crippen LogP contribution in [0.15, 0.2) is 0 Å². The van der Waals surface area contributed by atoms with Crippen LogP contribution in [0.5, 0.6) is 0 Å². The molecule has 1 aliphatic rings. The number of hydroxylamine groups is 2. The van der Waals surface area contributed by atoms with Gasteiger partial charge in [0.15, 0.2) is 0 Å². The lowest BCUT2D eigenvalue weighted by molar-refractivity contribution is -0.870. The van der Waals surface area contributed by atoms with Crippen LogP contribution in [0.3, 0.4) is 0 Å². The highest BCUT2D eigenvalue weighted by atomic mass is 79.9. The first-order chi connectivity index (χ1) is 20.9. The number of alkyl halides is 1. The number of ether oxygens (including phenoxy) is 4. The summed E-state index contributed by atoms with van der Waals surface area (Å²) >= 11 is 3.28. The van der Waals surface area contributed by atoms with Crippen molar-refractivity contribution in [3.05, 3.63) is 0 Å². The number of amides is 2. The molecule has 1 aliphatic heterocycles. The first-order valence-corrected chi connectivity index (χ1v) is 16.4. The lowest BCUT2D eigenvalue weighted by atomic mass is 9.69. The molecule has 17 nitrogen and oxygen atoms in total. The van der Waals surface area contributed by atoms with E-state index in [9.17, 15) is 38.2 Å². The Morgan fingerprint density at radius 1 is 0.826 bits per heavy atom. The maximum absolute atomic E-state index is 13.4. The summed E-state index contributed by atoms with van der Waals surface area (Å²) in [5.74, 6) is -3.75. The third-order valence-electron chi connectivity index (χ3n) is 6.50. The highest BCUT2D eigenvalue weighted by Crippen LogP contribution is 2.44. The van der Waals surface area contributed by atoms with Crippen LogP contribution in [0.25, 0.3) is 0 Å². The minimum absolute atomic E-state index is 0.0958. The minimum atomic E-state index is -4.66. The second-order valence-corrected chi connectivity index (χ2v) is 15.8. The molecule has 19 heteroatoms. The topological polar surface area (TPSA) is 210 Å². The number of quaternary nitrogens is 1. The van der Waals surface area contributed by atoms with Gasteiger partial charge in [0.2, 0.25) is 0 Å². The zero-order valence-electron chi connectivity index (χ0n) is 27.4. The highest BCUT2D eigenvalue weighted by molar-refractivity contribution is 9.10. The fourth-order valence-corrected chi connectivity index (χ4v) is 5.87. The van der Waals surface area contributed by atoms with Gasteiger partial charge in [-0.15, -0.1) is 0 Å². The van der Waals surface area contributed by atoms with Gasteiger partial charge in [-0.25, -0.2) is 4.79 Å². The van der Waals surface area contributed by atoms with Crippen molar-refractivity contribution >= 4 is 59.6 Å². The highest BCUT2D eigenvalue weighted by Gasteiger charge is 2.49. The molecule has 3 atom stereocenters. The standard InChI is InChI=1S/C27H44BrN2O15P/c1-25(2,21(33)40-13-14-42-24(36)45-29-19(31)9-10-20(29)32)17-26(3,18-27(4,28)23(35)39-8)22(34)41-15-16-44-46(37,38)43-12-11-30(5,6)7/h9-18H2,1-8H3. The molecule has 0 aromatic heterocycles. The van der Waals surface area contributed by atoms with Crippen molar-refractivity contribution in [1.29, 1.82) is 0 Å². The van der Waals surface area contributed by atoms with Gasteiger partial charge in [-0.2, -0.15) is 0 Å². The molecule has 0 aliphatic carbocycles. The number of imide groups is 1. The molecule has 1 fully saturated rings. The smallest absolute Gasteiger partial charge is 0.534 e. The van der Waals surface area contributed by atoms with E-state index in [1.807, 2.05) is 21.1 Å². The number of rotatable bonds is 19. The molecule has 264 valence electrons. The number of nitrogens with zero attached hydrogens (tertiary/aromatic N) is 2. The number of esters is 3. The minimum Gasteiger partial charge on any atom is -0.756 e. The van der Waals surface area contributed by atoms with Crippen LogP contribution < -0.4 is 4.89 Å². The fraction of sp³-hybridized carbons (Fsp3) is 0.778. The zero-order valence-corrected chi connectivity index (χ0v) is 29.9. The molecule has 0 spiro atoms. The molecular weight excluding hydrogens is 703 g/mol. The number of phosphoric acid groups is 1. The SMILES string of the molecule is COC(=O)C(C)(Br)CC(C)(CC(C)(C)C(=O)OCCOC(=O)ON1C(=O)CCC1=O)C(=O)OCCOP(=O)([O-])OCC[N+](C)(C)C.